The highest BCUT2D eigenvalue weighted by molar-refractivity contribution is 6.15. The Kier molecular flexibility index (Phi) is 23.7. The maximum absolute atomic E-state index is 9.50. The normalized spacial score (nSPS) is 3.50. The summed E-state index contributed by atoms with van der Waals surface area (Å²) in [5.41, 5.74) is 0. The number of rotatable bonds is 0. The first-order valence-electron chi connectivity index (χ1n) is 0.436. The van der Waals surface area contributed by atoms with Gasteiger partial charge < -0.3 is 0 Å². The van der Waals surface area contributed by atoms with Crippen LogP contribution >= 0.6 is 12.4 Å². The zero-order valence-corrected chi connectivity index (χ0v) is 2.56. The van der Waals surface area contributed by atoms with Crippen molar-refractivity contribution >= 4 is 20.2 Å². The topological polar surface area (TPSA) is 0 Å². The predicted molar refractivity (Wildman–Crippen MR) is 15.2 cm³/mol. The highest BCUT2D eigenvalue weighted by Gasteiger charge is 1.62. The highest BCUT2D eigenvalue weighted by atomic mass is 35.5. The summed E-state index contributed by atoms with van der Waals surface area (Å²) < 4.78 is 19.0. The van der Waals surface area contributed by atoms with Gasteiger partial charge >= 0.3 is 7.83 Å². The molecule has 0 saturated heterocycles. The van der Waals surface area contributed by atoms with Crippen molar-refractivity contribution in [3.63, 3.8) is 0 Å². The third-order valence-corrected chi connectivity index (χ3v) is 0. The fraction of sp³-hybridized carbons (Fsp3) is 0. The van der Waals surface area contributed by atoms with Crippen LogP contribution in [0.25, 0.3) is 0 Å². The molecule has 0 bridgehead atoms. The molecule has 0 aromatic heterocycles. The fourth-order valence-corrected chi connectivity index (χ4v) is 0. The van der Waals surface area contributed by atoms with E-state index in [4.69, 9.17) is 0 Å². The largest absolute Gasteiger partial charge is 0.577 e. The van der Waals surface area contributed by atoms with Crippen molar-refractivity contribution in [1.82, 2.24) is 0 Å². The van der Waals surface area contributed by atoms with Crippen molar-refractivity contribution in [1.29, 1.82) is 0 Å². The van der Waals surface area contributed by atoms with E-state index < -0.39 is 7.83 Å². The average Bonchev–Trinajstić information content (AvgIpc) is 0.918. The zero-order chi connectivity index (χ0) is 2.71. The van der Waals surface area contributed by atoms with E-state index in [2.05, 4.69) is 0 Å². The van der Waals surface area contributed by atoms with Gasteiger partial charge in [0.1, 0.15) is 0 Å². The van der Waals surface area contributed by atoms with Crippen LogP contribution in [0, 0.1) is 0 Å². The Morgan fingerprint density at radius 2 is 1.25 bits per heavy atom. The summed E-state index contributed by atoms with van der Waals surface area (Å²) in [5.74, 6) is 0. The summed E-state index contributed by atoms with van der Waals surface area (Å²) >= 11 is 0. The molecule has 0 aliphatic heterocycles. The van der Waals surface area contributed by atoms with E-state index >= 15 is 0 Å². The van der Waals surface area contributed by atoms with Crippen molar-refractivity contribution in [3.8, 4) is 0 Å². The molecule has 0 aromatic carbocycles. The standard InChI is InChI=1S/BF2.ClH/c2-1-3;/h;1H. The molecule has 0 atom stereocenters. The molecule has 0 amide bonds. The van der Waals surface area contributed by atoms with Crippen molar-refractivity contribution < 1.29 is 8.63 Å². The number of halogens is 3. The van der Waals surface area contributed by atoms with Crippen LogP contribution in [0.1, 0.15) is 0 Å². The zero-order valence-electron chi connectivity index (χ0n) is 1.74. The molecular weight excluding hydrogens is 84.3 g/mol. The first-order chi connectivity index (χ1) is 1.41. The van der Waals surface area contributed by atoms with Gasteiger partial charge in [0.15, 0.2) is 0 Å². The van der Waals surface area contributed by atoms with Gasteiger partial charge in [-0.3, -0.25) is 8.63 Å². The molecule has 0 saturated carbocycles. The van der Waals surface area contributed by atoms with Gasteiger partial charge in [-0.1, -0.05) is 0 Å². The monoisotopic (exact) mass is 85.0 g/mol. The molecule has 25 valence electrons. The smallest absolute Gasteiger partial charge is 0.289 e. The van der Waals surface area contributed by atoms with Crippen molar-refractivity contribution in [2.24, 2.45) is 0 Å². The van der Waals surface area contributed by atoms with Gasteiger partial charge in [0.25, 0.3) is 0 Å². The molecule has 0 aromatic rings. The summed E-state index contributed by atoms with van der Waals surface area (Å²) in [4.78, 5) is 0. The van der Waals surface area contributed by atoms with Crippen LogP contribution in [-0.2, 0) is 0 Å². The van der Waals surface area contributed by atoms with Gasteiger partial charge in [-0.15, -0.1) is 12.4 Å². The SMILES string of the molecule is Cl.F[B]F. The molecule has 0 unspecified atom stereocenters. The molecule has 0 fully saturated rings. The van der Waals surface area contributed by atoms with Gasteiger partial charge in [-0.05, 0) is 0 Å². The lowest BCUT2D eigenvalue weighted by molar-refractivity contribution is 0.712. The highest BCUT2D eigenvalue weighted by Crippen LogP contribution is 1.49. The first-order valence-corrected chi connectivity index (χ1v) is 0.436. The van der Waals surface area contributed by atoms with Gasteiger partial charge in [0.05, 0.1) is 0 Å². The van der Waals surface area contributed by atoms with Crippen LogP contribution < -0.4 is 0 Å². The lowest BCUT2D eigenvalue weighted by Crippen LogP contribution is -1.45. The molecule has 0 aliphatic carbocycles. The van der Waals surface area contributed by atoms with Crippen molar-refractivity contribution in [2.45, 2.75) is 0 Å². The summed E-state index contributed by atoms with van der Waals surface area (Å²) in [6, 6.07) is 0. The molecule has 0 rings (SSSR count). The van der Waals surface area contributed by atoms with E-state index in [1.54, 1.807) is 0 Å². The maximum Gasteiger partial charge on any atom is 0.577 e. The molecule has 4 heteroatoms. The van der Waals surface area contributed by atoms with Crippen molar-refractivity contribution in [2.75, 3.05) is 0 Å². The molecule has 0 N–H and O–H groups in total. The Bertz CT molecular complexity index is 6.00. The Balaban J connectivity index is 0. The average molecular weight is 85.3 g/mol. The van der Waals surface area contributed by atoms with Crippen LogP contribution in [0.3, 0.4) is 0 Å². The minimum Gasteiger partial charge on any atom is -0.289 e. The van der Waals surface area contributed by atoms with Crippen molar-refractivity contribution in [3.05, 3.63) is 0 Å². The third-order valence-electron chi connectivity index (χ3n) is 0. The Labute approximate surface area is 29.9 Å². The Morgan fingerprint density at radius 1 is 1.25 bits per heavy atom. The van der Waals surface area contributed by atoms with E-state index in [1.165, 1.54) is 0 Å². The second kappa shape index (κ2) is 10.7. The molecule has 0 heterocycles. The molecule has 0 spiro atoms. The molecule has 0 aliphatic rings. The second-order valence-electron chi connectivity index (χ2n) is 0.0825. The van der Waals surface area contributed by atoms with Crippen LogP contribution in [0.4, 0.5) is 8.63 Å². The van der Waals surface area contributed by atoms with Crippen LogP contribution in [0.15, 0.2) is 0 Å². The first kappa shape index (κ1) is 8.88. The van der Waals surface area contributed by atoms with E-state index in [1.807, 2.05) is 0 Å². The quantitative estimate of drug-likeness (QED) is 0.383. The van der Waals surface area contributed by atoms with Crippen LogP contribution in [0.5, 0.6) is 0 Å². The minimum atomic E-state index is -1.00. The van der Waals surface area contributed by atoms with E-state index in [-0.39, 0.29) is 12.4 Å². The van der Waals surface area contributed by atoms with Crippen LogP contribution in [0.2, 0.25) is 0 Å². The van der Waals surface area contributed by atoms with Gasteiger partial charge in [0.2, 0.25) is 0 Å². The lowest BCUT2D eigenvalue weighted by atomic mass is 10.6. The Hall–Kier alpha value is 0.215. The van der Waals surface area contributed by atoms with Gasteiger partial charge in [0, 0.05) is 0 Å². The molecule has 1 radical (unpaired) electrons. The van der Waals surface area contributed by atoms with Gasteiger partial charge in [-0.25, -0.2) is 0 Å². The van der Waals surface area contributed by atoms with E-state index in [9.17, 15) is 8.63 Å². The van der Waals surface area contributed by atoms with E-state index in [0.29, 0.717) is 0 Å². The Morgan fingerprint density at radius 3 is 1.25 bits per heavy atom. The summed E-state index contributed by atoms with van der Waals surface area (Å²) in [5, 5.41) is 0. The molecular formula is HBClF2. The van der Waals surface area contributed by atoms with Gasteiger partial charge in [-0.2, -0.15) is 0 Å². The molecule has 0 nitrogen and oxygen atoms in total. The van der Waals surface area contributed by atoms with E-state index in [0.717, 1.165) is 0 Å². The summed E-state index contributed by atoms with van der Waals surface area (Å²) in [7, 11) is -1.00. The minimum absolute atomic E-state index is 0. The second-order valence-corrected chi connectivity index (χ2v) is 0.0825. The fourth-order valence-electron chi connectivity index (χ4n) is 0. The lowest BCUT2D eigenvalue weighted by Gasteiger charge is -1.33. The third kappa shape index (κ3) is 70.8. The number of hydrogen-bond donors (Lipinski definition) is 0. The number of hydrogen-bond acceptors (Lipinski definition) is 0. The maximum atomic E-state index is 9.50. The summed E-state index contributed by atoms with van der Waals surface area (Å²) in [6.07, 6.45) is 0. The predicted octanol–water partition coefficient (Wildman–Crippen LogP) is 0.881. The van der Waals surface area contributed by atoms with Crippen LogP contribution in [-0.4, -0.2) is 7.83 Å². The summed E-state index contributed by atoms with van der Waals surface area (Å²) in [6.45, 7) is 0. The molecule has 4 heavy (non-hydrogen) atoms.